The van der Waals surface area contributed by atoms with Crippen molar-refractivity contribution in [1.29, 1.82) is 0 Å². The highest BCUT2D eigenvalue weighted by molar-refractivity contribution is 6.30. The molecule has 1 fully saturated rings. The standard InChI is InChI=1S/C17H19ClN2O/c18-14-6-4-13(5-7-14)17(16-3-1-2-10-20-16)21-15-8-11-19-12-9-15/h1-7,10,15,17,19H,8-9,11-12H2/t17-/m0/s1. The summed E-state index contributed by atoms with van der Waals surface area (Å²) in [6.07, 6.45) is 4.03. The van der Waals surface area contributed by atoms with Gasteiger partial charge in [0.25, 0.3) is 0 Å². The smallest absolute Gasteiger partial charge is 0.125 e. The van der Waals surface area contributed by atoms with Crippen LogP contribution in [0.5, 0.6) is 0 Å². The Bertz CT molecular complexity index is 553. The molecule has 1 aliphatic heterocycles. The minimum atomic E-state index is -0.133. The highest BCUT2D eigenvalue weighted by Crippen LogP contribution is 2.28. The van der Waals surface area contributed by atoms with Gasteiger partial charge in [0, 0.05) is 11.2 Å². The third-order valence-electron chi connectivity index (χ3n) is 3.74. The molecule has 2 aromatic rings. The van der Waals surface area contributed by atoms with Crippen molar-refractivity contribution in [3.05, 3.63) is 64.9 Å². The van der Waals surface area contributed by atoms with Crippen molar-refractivity contribution < 1.29 is 4.74 Å². The predicted molar refractivity (Wildman–Crippen MR) is 84.5 cm³/mol. The van der Waals surface area contributed by atoms with Crippen LogP contribution < -0.4 is 5.32 Å². The van der Waals surface area contributed by atoms with E-state index in [1.54, 1.807) is 0 Å². The van der Waals surface area contributed by atoms with E-state index in [-0.39, 0.29) is 12.2 Å². The number of pyridine rings is 1. The van der Waals surface area contributed by atoms with Crippen molar-refractivity contribution >= 4 is 11.6 Å². The Hall–Kier alpha value is -1.42. The van der Waals surface area contributed by atoms with E-state index in [2.05, 4.69) is 10.3 Å². The lowest BCUT2D eigenvalue weighted by Gasteiger charge is -2.28. The average Bonchev–Trinajstić information content (AvgIpc) is 2.55. The van der Waals surface area contributed by atoms with Gasteiger partial charge in [-0.25, -0.2) is 0 Å². The number of ether oxygens (including phenoxy) is 1. The van der Waals surface area contributed by atoms with Crippen LogP contribution in [0.15, 0.2) is 48.7 Å². The van der Waals surface area contributed by atoms with Gasteiger partial charge in [0.2, 0.25) is 0 Å². The highest BCUT2D eigenvalue weighted by Gasteiger charge is 2.22. The fraction of sp³-hybridized carbons (Fsp3) is 0.353. The van der Waals surface area contributed by atoms with Gasteiger partial charge in [-0.05, 0) is 55.8 Å². The molecule has 0 radical (unpaired) electrons. The molecule has 0 spiro atoms. The van der Waals surface area contributed by atoms with Crippen LogP contribution >= 0.6 is 11.6 Å². The Balaban J connectivity index is 1.85. The second kappa shape index (κ2) is 7.03. The van der Waals surface area contributed by atoms with Crippen LogP contribution in [0.2, 0.25) is 5.02 Å². The van der Waals surface area contributed by atoms with Crippen molar-refractivity contribution in [2.45, 2.75) is 25.0 Å². The van der Waals surface area contributed by atoms with Crippen molar-refractivity contribution in [3.8, 4) is 0 Å². The van der Waals surface area contributed by atoms with Crippen LogP contribution in [0.3, 0.4) is 0 Å². The topological polar surface area (TPSA) is 34.1 Å². The molecule has 1 atom stereocenters. The quantitative estimate of drug-likeness (QED) is 0.937. The number of halogens is 1. The Morgan fingerprint density at radius 2 is 1.86 bits per heavy atom. The second-order valence-electron chi connectivity index (χ2n) is 5.27. The summed E-state index contributed by atoms with van der Waals surface area (Å²) >= 11 is 5.99. The third kappa shape index (κ3) is 3.82. The molecule has 1 N–H and O–H groups in total. The fourth-order valence-electron chi connectivity index (χ4n) is 2.61. The minimum Gasteiger partial charge on any atom is -0.364 e. The lowest BCUT2D eigenvalue weighted by atomic mass is 10.0. The molecular weight excluding hydrogens is 284 g/mol. The molecule has 3 nitrogen and oxygen atoms in total. The van der Waals surface area contributed by atoms with Gasteiger partial charge in [-0.15, -0.1) is 0 Å². The van der Waals surface area contributed by atoms with Crippen molar-refractivity contribution in [3.63, 3.8) is 0 Å². The maximum Gasteiger partial charge on any atom is 0.125 e. The number of hydrogen-bond acceptors (Lipinski definition) is 3. The molecule has 1 aliphatic rings. The van der Waals surface area contributed by atoms with Crippen LogP contribution in [0.1, 0.15) is 30.2 Å². The number of piperidine rings is 1. The molecule has 1 aromatic carbocycles. The van der Waals surface area contributed by atoms with E-state index in [0.717, 1.165) is 42.2 Å². The first-order chi connectivity index (χ1) is 10.3. The first-order valence-corrected chi connectivity index (χ1v) is 7.73. The first kappa shape index (κ1) is 14.5. The normalized spacial score (nSPS) is 17.6. The summed E-state index contributed by atoms with van der Waals surface area (Å²) < 4.78 is 6.36. The Kier molecular flexibility index (Phi) is 4.86. The molecule has 0 saturated carbocycles. The minimum absolute atomic E-state index is 0.133. The Morgan fingerprint density at radius 1 is 1.10 bits per heavy atom. The molecule has 110 valence electrons. The van der Waals surface area contributed by atoms with Gasteiger partial charge < -0.3 is 10.1 Å². The fourth-order valence-corrected chi connectivity index (χ4v) is 2.74. The van der Waals surface area contributed by atoms with Crippen LogP contribution in [-0.2, 0) is 4.74 Å². The lowest BCUT2D eigenvalue weighted by molar-refractivity contribution is -0.00991. The summed E-state index contributed by atoms with van der Waals surface area (Å²) in [7, 11) is 0. The van der Waals surface area contributed by atoms with Gasteiger partial charge in [0.1, 0.15) is 6.10 Å². The molecule has 1 saturated heterocycles. The summed E-state index contributed by atoms with van der Waals surface area (Å²) in [6, 6.07) is 13.8. The molecule has 3 rings (SSSR count). The number of nitrogens with one attached hydrogen (secondary N) is 1. The van der Waals surface area contributed by atoms with E-state index in [0.29, 0.717) is 0 Å². The molecule has 0 aliphatic carbocycles. The molecule has 2 heterocycles. The zero-order chi connectivity index (χ0) is 14.5. The SMILES string of the molecule is Clc1ccc([C@H](OC2CCNCC2)c2ccccn2)cc1. The third-order valence-corrected chi connectivity index (χ3v) is 4.00. The Labute approximate surface area is 130 Å². The van der Waals surface area contributed by atoms with Gasteiger partial charge in [-0.2, -0.15) is 0 Å². The second-order valence-corrected chi connectivity index (χ2v) is 5.71. The number of aromatic nitrogens is 1. The molecule has 4 heteroatoms. The van der Waals surface area contributed by atoms with Crippen molar-refractivity contribution in [1.82, 2.24) is 10.3 Å². The molecule has 1 aromatic heterocycles. The number of nitrogens with zero attached hydrogens (tertiary/aromatic N) is 1. The maximum absolute atomic E-state index is 6.36. The van der Waals surface area contributed by atoms with Crippen molar-refractivity contribution in [2.24, 2.45) is 0 Å². The van der Waals surface area contributed by atoms with E-state index in [4.69, 9.17) is 16.3 Å². The summed E-state index contributed by atoms with van der Waals surface area (Å²) in [5.74, 6) is 0. The van der Waals surface area contributed by atoms with Crippen LogP contribution in [0.25, 0.3) is 0 Å². The molecule has 21 heavy (non-hydrogen) atoms. The first-order valence-electron chi connectivity index (χ1n) is 7.35. The van der Waals surface area contributed by atoms with Gasteiger partial charge >= 0.3 is 0 Å². The summed E-state index contributed by atoms with van der Waals surface area (Å²) in [5, 5.41) is 4.10. The van der Waals surface area contributed by atoms with E-state index >= 15 is 0 Å². The van der Waals surface area contributed by atoms with Crippen LogP contribution in [0.4, 0.5) is 0 Å². The van der Waals surface area contributed by atoms with E-state index in [1.807, 2.05) is 48.7 Å². The van der Waals surface area contributed by atoms with Gasteiger partial charge in [0.15, 0.2) is 0 Å². The van der Waals surface area contributed by atoms with Crippen molar-refractivity contribution in [2.75, 3.05) is 13.1 Å². The van der Waals surface area contributed by atoms with Gasteiger partial charge in [0.05, 0.1) is 11.8 Å². The van der Waals surface area contributed by atoms with E-state index < -0.39 is 0 Å². The zero-order valence-electron chi connectivity index (χ0n) is 11.8. The molecular formula is C17H19ClN2O. The summed E-state index contributed by atoms with van der Waals surface area (Å²) in [4.78, 5) is 4.47. The van der Waals surface area contributed by atoms with E-state index in [9.17, 15) is 0 Å². The summed E-state index contributed by atoms with van der Waals surface area (Å²) in [6.45, 7) is 2.03. The Morgan fingerprint density at radius 3 is 2.52 bits per heavy atom. The maximum atomic E-state index is 6.36. The molecule has 0 amide bonds. The largest absolute Gasteiger partial charge is 0.364 e. The lowest BCUT2D eigenvalue weighted by Crippen LogP contribution is -2.33. The number of rotatable bonds is 4. The summed E-state index contributed by atoms with van der Waals surface area (Å²) in [5.41, 5.74) is 2.04. The van der Waals surface area contributed by atoms with Crippen LogP contribution in [0, 0.1) is 0 Å². The van der Waals surface area contributed by atoms with Gasteiger partial charge in [-0.1, -0.05) is 29.8 Å². The highest BCUT2D eigenvalue weighted by atomic mass is 35.5. The van der Waals surface area contributed by atoms with Gasteiger partial charge in [-0.3, -0.25) is 4.98 Å². The van der Waals surface area contributed by atoms with E-state index in [1.165, 1.54) is 0 Å². The average molecular weight is 303 g/mol. The predicted octanol–water partition coefficient (Wildman–Crippen LogP) is 3.59. The molecule has 0 bridgehead atoms. The van der Waals surface area contributed by atoms with Crippen LogP contribution in [-0.4, -0.2) is 24.2 Å². The number of benzene rings is 1. The zero-order valence-corrected chi connectivity index (χ0v) is 12.6. The molecule has 0 unspecified atom stereocenters. The monoisotopic (exact) mass is 302 g/mol. The number of hydrogen-bond donors (Lipinski definition) is 1.